The highest BCUT2D eigenvalue weighted by molar-refractivity contribution is 7.92. The van der Waals surface area contributed by atoms with Gasteiger partial charge < -0.3 is 4.74 Å². The van der Waals surface area contributed by atoms with Gasteiger partial charge in [0, 0.05) is 24.2 Å². The van der Waals surface area contributed by atoms with Crippen LogP contribution in [0.3, 0.4) is 0 Å². The maximum Gasteiger partial charge on any atom is 0.243 e. The summed E-state index contributed by atoms with van der Waals surface area (Å²) in [5, 5.41) is -0.330. The maximum absolute atomic E-state index is 12.6. The highest BCUT2D eigenvalue weighted by Gasteiger charge is 2.44. The van der Waals surface area contributed by atoms with Crippen molar-refractivity contribution in [1.82, 2.24) is 4.31 Å². The van der Waals surface area contributed by atoms with E-state index in [9.17, 15) is 16.8 Å². The van der Waals surface area contributed by atoms with Gasteiger partial charge in [0.25, 0.3) is 0 Å². The number of hydrogen-bond acceptors (Lipinski definition) is 5. The van der Waals surface area contributed by atoms with Crippen LogP contribution in [0.2, 0.25) is 5.02 Å². The van der Waals surface area contributed by atoms with Gasteiger partial charge in [-0.15, -0.1) is 0 Å². The second-order valence-electron chi connectivity index (χ2n) is 5.62. The lowest BCUT2D eigenvalue weighted by Gasteiger charge is -2.37. The molecule has 0 saturated carbocycles. The van der Waals surface area contributed by atoms with Gasteiger partial charge in [-0.2, -0.15) is 4.31 Å². The molecule has 134 valence electrons. The molecule has 0 aromatic heterocycles. The fraction of sp³-hybridized carbons (Fsp3) is 0.250. The number of rotatable bonds is 5. The van der Waals surface area contributed by atoms with E-state index < -0.39 is 25.1 Å². The summed E-state index contributed by atoms with van der Waals surface area (Å²) in [4.78, 5) is 0.217. The minimum atomic E-state index is -3.75. The minimum Gasteiger partial charge on any atom is -0.497 e. The molecule has 0 spiro atoms. The fourth-order valence-corrected chi connectivity index (χ4v) is 6.05. The summed E-state index contributed by atoms with van der Waals surface area (Å²) >= 11 is 5.77. The molecule has 0 N–H and O–H groups in total. The normalized spacial score (nSPS) is 16.4. The second kappa shape index (κ2) is 6.60. The Balaban J connectivity index is 1.78. The van der Waals surface area contributed by atoms with Crippen molar-refractivity contribution in [2.24, 2.45) is 0 Å². The molecular weight excluding hydrogens is 386 g/mol. The molecule has 6 nitrogen and oxygen atoms in total. The fourth-order valence-electron chi connectivity index (χ4n) is 2.52. The summed E-state index contributed by atoms with van der Waals surface area (Å²) < 4.78 is 56.5. The maximum atomic E-state index is 12.6. The first-order valence-electron chi connectivity index (χ1n) is 7.39. The van der Waals surface area contributed by atoms with E-state index in [1.54, 1.807) is 12.1 Å². The molecule has 1 heterocycles. The zero-order chi connectivity index (χ0) is 18.2. The molecule has 25 heavy (non-hydrogen) atoms. The summed E-state index contributed by atoms with van der Waals surface area (Å²) in [5.41, 5.74) is 0. The highest BCUT2D eigenvalue weighted by atomic mass is 35.5. The van der Waals surface area contributed by atoms with Crippen molar-refractivity contribution in [1.29, 1.82) is 0 Å². The number of sulfonamides is 1. The smallest absolute Gasteiger partial charge is 0.243 e. The molecule has 0 aliphatic carbocycles. The Labute approximate surface area is 152 Å². The molecule has 1 aliphatic rings. The molecule has 2 aromatic carbocycles. The number of benzene rings is 2. The van der Waals surface area contributed by atoms with Crippen molar-refractivity contribution in [3.8, 4) is 5.75 Å². The molecule has 0 radical (unpaired) electrons. The van der Waals surface area contributed by atoms with E-state index in [0.29, 0.717) is 10.8 Å². The van der Waals surface area contributed by atoms with Crippen LogP contribution in [0.1, 0.15) is 0 Å². The van der Waals surface area contributed by atoms with E-state index in [1.165, 1.54) is 43.5 Å². The first-order valence-corrected chi connectivity index (χ1v) is 10.8. The topological polar surface area (TPSA) is 80.8 Å². The third-order valence-electron chi connectivity index (χ3n) is 4.07. The van der Waals surface area contributed by atoms with Crippen molar-refractivity contribution in [2.75, 3.05) is 20.2 Å². The first-order chi connectivity index (χ1) is 11.7. The number of nitrogens with zero attached hydrogens (tertiary/aromatic N) is 1. The number of ether oxygens (including phenoxy) is 1. The lowest BCUT2D eigenvalue weighted by molar-refractivity contribution is 0.309. The van der Waals surface area contributed by atoms with Crippen LogP contribution in [0.5, 0.6) is 5.75 Å². The van der Waals surface area contributed by atoms with Gasteiger partial charge in [-0.1, -0.05) is 17.7 Å². The van der Waals surface area contributed by atoms with Crippen molar-refractivity contribution < 1.29 is 21.6 Å². The molecule has 0 amide bonds. The van der Waals surface area contributed by atoms with Crippen LogP contribution in [0.25, 0.3) is 0 Å². The van der Waals surface area contributed by atoms with Gasteiger partial charge in [-0.05, 0) is 36.4 Å². The van der Waals surface area contributed by atoms with Crippen molar-refractivity contribution in [2.45, 2.75) is 15.0 Å². The Bertz CT molecular complexity index is 981. The summed E-state index contributed by atoms with van der Waals surface area (Å²) in [6, 6.07) is 11.9. The average molecular weight is 402 g/mol. The van der Waals surface area contributed by atoms with Crippen LogP contribution in [-0.4, -0.2) is 46.6 Å². The zero-order valence-electron chi connectivity index (χ0n) is 13.3. The van der Waals surface area contributed by atoms with Crippen LogP contribution >= 0.6 is 11.6 Å². The minimum absolute atomic E-state index is 0.0780. The Morgan fingerprint density at radius 1 is 1.00 bits per heavy atom. The Morgan fingerprint density at radius 3 is 2.24 bits per heavy atom. The molecular formula is C16H16ClNO5S2. The number of hydrogen-bond donors (Lipinski definition) is 0. The molecule has 1 saturated heterocycles. The Hall–Kier alpha value is -1.61. The van der Waals surface area contributed by atoms with E-state index in [4.69, 9.17) is 16.3 Å². The van der Waals surface area contributed by atoms with Crippen molar-refractivity contribution in [3.63, 3.8) is 0 Å². The van der Waals surface area contributed by atoms with Gasteiger partial charge in [0.2, 0.25) is 10.0 Å². The van der Waals surface area contributed by atoms with Gasteiger partial charge in [-0.25, -0.2) is 16.8 Å². The SMILES string of the molecule is COc1cccc(S(=O)(=O)N2CC(S(=O)(=O)c3ccc(Cl)cc3)C2)c1. The van der Waals surface area contributed by atoms with E-state index >= 15 is 0 Å². The lowest BCUT2D eigenvalue weighted by atomic mass is 10.3. The molecule has 9 heteroatoms. The zero-order valence-corrected chi connectivity index (χ0v) is 15.7. The van der Waals surface area contributed by atoms with Crippen molar-refractivity contribution >= 4 is 31.5 Å². The molecule has 0 unspecified atom stereocenters. The van der Waals surface area contributed by atoms with E-state index in [1.807, 2.05) is 0 Å². The second-order valence-corrected chi connectivity index (χ2v) is 10.2. The number of halogens is 1. The summed E-state index contributed by atoms with van der Waals surface area (Å²) in [7, 11) is -5.90. The third-order valence-corrected chi connectivity index (χ3v) is 8.26. The van der Waals surface area contributed by atoms with Gasteiger partial charge in [0.15, 0.2) is 9.84 Å². The summed E-state index contributed by atoms with van der Waals surface area (Å²) in [6.07, 6.45) is 0. The standard InChI is InChI=1S/C16H16ClNO5S2/c1-23-13-3-2-4-15(9-13)25(21,22)18-10-16(11-18)24(19,20)14-7-5-12(17)6-8-14/h2-9,16H,10-11H2,1H3. The molecule has 1 fully saturated rings. The molecule has 0 bridgehead atoms. The van der Waals surface area contributed by atoms with Crippen LogP contribution in [0, 0.1) is 0 Å². The Kier molecular flexibility index (Phi) is 4.80. The number of sulfone groups is 1. The van der Waals surface area contributed by atoms with Gasteiger partial charge in [0.1, 0.15) is 5.75 Å². The average Bonchev–Trinajstić information content (AvgIpc) is 2.53. The summed E-state index contributed by atoms with van der Waals surface area (Å²) in [5.74, 6) is 0.423. The molecule has 3 rings (SSSR count). The third kappa shape index (κ3) is 3.39. The molecule has 0 atom stereocenters. The van der Waals surface area contributed by atoms with E-state index in [-0.39, 0.29) is 22.9 Å². The monoisotopic (exact) mass is 401 g/mol. The van der Waals surface area contributed by atoms with Gasteiger partial charge in [0.05, 0.1) is 22.2 Å². The molecule has 1 aliphatic heterocycles. The highest BCUT2D eigenvalue weighted by Crippen LogP contribution is 2.30. The van der Waals surface area contributed by atoms with Gasteiger partial charge >= 0.3 is 0 Å². The quantitative estimate of drug-likeness (QED) is 0.767. The predicted octanol–water partition coefficient (Wildman–Crippen LogP) is 2.20. The summed E-state index contributed by atoms with van der Waals surface area (Å²) in [6.45, 7) is -0.158. The van der Waals surface area contributed by atoms with Crippen LogP contribution in [0.4, 0.5) is 0 Å². The Morgan fingerprint density at radius 2 is 1.64 bits per heavy atom. The van der Waals surface area contributed by atoms with Crippen molar-refractivity contribution in [3.05, 3.63) is 53.6 Å². The predicted molar refractivity (Wildman–Crippen MR) is 94.2 cm³/mol. The van der Waals surface area contributed by atoms with E-state index in [2.05, 4.69) is 0 Å². The van der Waals surface area contributed by atoms with Gasteiger partial charge in [-0.3, -0.25) is 0 Å². The first kappa shape index (κ1) is 18.2. The van der Waals surface area contributed by atoms with Crippen LogP contribution < -0.4 is 4.74 Å². The van der Waals surface area contributed by atoms with Crippen LogP contribution in [-0.2, 0) is 19.9 Å². The van der Waals surface area contributed by atoms with E-state index in [0.717, 1.165) is 4.31 Å². The largest absolute Gasteiger partial charge is 0.497 e. The number of methoxy groups -OCH3 is 1. The lowest BCUT2D eigenvalue weighted by Crippen LogP contribution is -2.56. The molecule has 2 aromatic rings. The van der Waals surface area contributed by atoms with Crippen LogP contribution in [0.15, 0.2) is 58.3 Å².